The van der Waals surface area contributed by atoms with Crippen molar-refractivity contribution in [2.24, 2.45) is 0 Å². The summed E-state index contributed by atoms with van der Waals surface area (Å²) in [6.45, 7) is 6.72. The largest absolute Gasteiger partial charge is 0.0655 e. The second kappa shape index (κ2) is 7.47. The van der Waals surface area contributed by atoms with E-state index in [2.05, 4.69) is 51.1 Å². The number of allylic oxidation sites excluding steroid dienone is 4. The van der Waals surface area contributed by atoms with Crippen LogP contribution in [0, 0.1) is 6.92 Å². The number of aryl methyl sites for hydroxylation is 1. The molecule has 0 nitrogen and oxygen atoms in total. The highest BCUT2D eigenvalue weighted by Crippen LogP contribution is 2.37. The van der Waals surface area contributed by atoms with E-state index >= 15 is 0 Å². The van der Waals surface area contributed by atoms with Gasteiger partial charge in [0.1, 0.15) is 0 Å². The summed E-state index contributed by atoms with van der Waals surface area (Å²) in [7, 11) is 0. The van der Waals surface area contributed by atoms with Crippen molar-refractivity contribution in [3.63, 3.8) is 0 Å². The lowest BCUT2D eigenvalue weighted by molar-refractivity contribution is 0.746. The predicted octanol–water partition coefficient (Wildman–Crippen LogP) is 6.46. The monoisotopic (exact) mass is 268 g/mol. The van der Waals surface area contributed by atoms with Crippen LogP contribution in [0.3, 0.4) is 0 Å². The zero-order valence-electron chi connectivity index (χ0n) is 13.3. The maximum absolute atomic E-state index is 2.48. The average Bonchev–Trinajstić information content (AvgIpc) is 2.87. The van der Waals surface area contributed by atoms with Crippen LogP contribution in [0.2, 0.25) is 0 Å². The number of hydrogen-bond donors (Lipinski definition) is 0. The van der Waals surface area contributed by atoms with Crippen LogP contribution in [0.15, 0.2) is 41.5 Å². The minimum atomic E-state index is 1.23. The van der Waals surface area contributed by atoms with Gasteiger partial charge in [-0.3, -0.25) is 0 Å². The van der Waals surface area contributed by atoms with E-state index in [0.29, 0.717) is 0 Å². The third-order valence-electron chi connectivity index (χ3n) is 4.22. The van der Waals surface area contributed by atoms with Crippen LogP contribution in [0.4, 0.5) is 0 Å². The molecule has 0 atom stereocenters. The molecule has 0 amide bonds. The van der Waals surface area contributed by atoms with Gasteiger partial charge >= 0.3 is 0 Å². The molecule has 0 aromatic heterocycles. The van der Waals surface area contributed by atoms with Crippen LogP contribution >= 0.6 is 0 Å². The molecule has 0 N–H and O–H groups in total. The van der Waals surface area contributed by atoms with Gasteiger partial charge in [-0.15, -0.1) is 0 Å². The predicted molar refractivity (Wildman–Crippen MR) is 89.8 cm³/mol. The smallest absolute Gasteiger partial charge is 0.00959 e. The van der Waals surface area contributed by atoms with Gasteiger partial charge in [-0.1, -0.05) is 73.7 Å². The summed E-state index contributed by atoms with van der Waals surface area (Å²) < 4.78 is 0. The zero-order chi connectivity index (χ0) is 14.4. The fourth-order valence-electron chi connectivity index (χ4n) is 2.92. The lowest BCUT2D eigenvalue weighted by Gasteiger charge is -2.08. The van der Waals surface area contributed by atoms with Gasteiger partial charge in [0.05, 0.1) is 0 Å². The molecular weight excluding hydrogens is 240 g/mol. The molecule has 0 bridgehead atoms. The molecule has 0 radical (unpaired) electrons. The standard InChI is InChI=1S/C20H28/c1-4-6-8-17-14-19(9-7-5-2)20(15-17)18-12-10-16(3)11-13-18/h10-13,15H,4-9,14H2,1-3H3. The van der Waals surface area contributed by atoms with Gasteiger partial charge in [0.2, 0.25) is 0 Å². The Morgan fingerprint density at radius 2 is 1.55 bits per heavy atom. The molecule has 0 heterocycles. The molecule has 0 heteroatoms. The van der Waals surface area contributed by atoms with Gasteiger partial charge in [-0.25, -0.2) is 0 Å². The zero-order valence-corrected chi connectivity index (χ0v) is 13.3. The van der Waals surface area contributed by atoms with Crippen molar-refractivity contribution < 1.29 is 0 Å². The summed E-state index contributed by atoms with van der Waals surface area (Å²) in [6.07, 6.45) is 11.5. The second-order valence-electron chi connectivity index (χ2n) is 6.07. The third kappa shape index (κ3) is 3.85. The Balaban J connectivity index is 2.20. The van der Waals surface area contributed by atoms with Gasteiger partial charge < -0.3 is 0 Å². The average molecular weight is 268 g/mol. The molecule has 2 rings (SSSR count). The fraction of sp³-hybridized carbons (Fsp3) is 0.500. The van der Waals surface area contributed by atoms with Gasteiger partial charge in [-0.2, -0.15) is 0 Å². The Kier molecular flexibility index (Phi) is 5.64. The molecule has 1 aliphatic carbocycles. The van der Waals surface area contributed by atoms with Crippen LogP contribution in [0.1, 0.15) is 69.9 Å². The summed E-state index contributed by atoms with van der Waals surface area (Å²) in [5.74, 6) is 0. The van der Waals surface area contributed by atoms with E-state index in [0.717, 1.165) is 0 Å². The summed E-state index contributed by atoms with van der Waals surface area (Å²) in [5, 5.41) is 0. The Labute approximate surface area is 124 Å². The van der Waals surface area contributed by atoms with Gasteiger partial charge in [0, 0.05) is 0 Å². The van der Waals surface area contributed by atoms with Gasteiger partial charge in [-0.05, 0) is 50.2 Å². The molecule has 1 aromatic rings. The molecule has 1 aliphatic rings. The maximum Gasteiger partial charge on any atom is -0.00959 e. The van der Waals surface area contributed by atoms with E-state index in [-0.39, 0.29) is 0 Å². The molecule has 0 saturated carbocycles. The summed E-state index contributed by atoms with van der Waals surface area (Å²) >= 11 is 0. The molecule has 20 heavy (non-hydrogen) atoms. The van der Waals surface area contributed by atoms with Crippen molar-refractivity contribution in [2.75, 3.05) is 0 Å². The van der Waals surface area contributed by atoms with Crippen LogP contribution < -0.4 is 0 Å². The SMILES string of the molecule is CCCCC1=CC(c2ccc(C)cc2)=C(CCCC)C1. The highest BCUT2D eigenvalue weighted by Gasteiger charge is 2.16. The first kappa shape index (κ1) is 15.1. The first-order valence-electron chi connectivity index (χ1n) is 8.23. The number of benzene rings is 1. The van der Waals surface area contributed by atoms with Gasteiger partial charge in [0.15, 0.2) is 0 Å². The lowest BCUT2D eigenvalue weighted by Crippen LogP contribution is -1.87. The quantitative estimate of drug-likeness (QED) is 0.532. The number of unbranched alkanes of at least 4 members (excludes halogenated alkanes) is 2. The van der Waals surface area contributed by atoms with Crippen LogP contribution in [0.5, 0.6) is 0 Å². The van der Waals surface area contributed by atoms with Crippen LogP contribution in [0.25, 0.3) is 5.57 Å². The summed E-state index contributed by atoms with van der Waals surface area (Å²) in [6, 6.07) is 9.04. The van der Waals surface area contributed by atoms with Crippen molar-refractivity contribution in [3.8, 4) is 0 Å². The van der Waals surface area contributed by atoms with Gasteiger partial charge in [0.25, 0.3) is 0 Å². The highest BCUT2D eigenvalue weighted by molar-refractivity contribution is 5.80. The van der Waals surface area contributed by atoms with Crippen molar-refractivity contribution >= 4 is 5.57 Å². The van der Waals surface area contributed by atoms with Crippen molar-refractivity contribution in [3.05, 3.63) is 52.6 Å². The lowest BCUT2D eigenvalue weighted by atomic mass is 9.97. The second-order valence-corrected chi connectivity index (χ2v) is 6.07. The van der Waals surface area contributed by atoms with E-state index < -0.39 is 0 Å². The molecular formula is C20H28. The minimum absolute atomic E-state index is 1.23. The summed E-state index contributed by atoms with van der Waals surface area (Å²) in [4.78, 5) is 0. The van der Waals surface area contributed by atoms with E-state index in [4.69, 9.17) is 0 Å². The van der Waals surface area contributed by atoms with E-state index in [1.54, 1.807) is 11.1 Å². The molecule has 108 valence electrons. The van der Waals surface area contributed by atoms with E-state index in [9.17, 15) is 0 Å². The van der Waals surface area contributed by atoms with Crippen molar-refractivity contribution in [1.29, 1.82) is 0 Å². The maximum atomic E-state index is 2.48. The van der Waals surface area contributed by atoms with Crippen LogP contribution in [-0.2, 0) is 0 Å². The first-order chi connectivity index (χ1) is 9.74. The van der Waals surface area contributed by atoms with Crippen molar-refractivity contribution in [2.45, 2.75) is 65.7 Å². The molecule has 0 spiro atoms. The Morgan fingerprint density at radius 1 is 0.900 bits per heavy atom. The topological polar surface area (TPSA) is 0 Å². The molecule has 0 saturated heterocycles. The third-order valence-corrected chi connectivity index (χ3v) is 4.22. The molecule has 0 unspecified atom stereocenters. The Bertz CT molecular complexity index is 485. The van der Waals surface area contributed by atoms with Crippen LogP contribution in [-0.4, -0.2) is 0 Å². The first-order valence-corrected chi connectivity index (χ1v) is 8.23. The fourth-order valence-corrected chi connectivity index (χ4v) is 2.92. The normalized spacial score (nSPS) is 14.8. The van der Waals surface area contributed by atoms with E-state index in [1.807, 2.05) is 0 Å². The summed E-state index contributed by atoms with van der Waals surface area (Å²) in [5.41, 5.74) is 7.59. The Hall–Kier alpha value is -1.30. The van der Waals surface area contributed by atoms with E-state index in [1.165, 1.54) is 61.6 Å². The molecule has 1 aromatic carbocycles. The molecule has 0 fully saturated rings. The highest BCUT2D eigenvalue weighted by atomic mass is 14.2. The number of rotatable bonds is 7. The molecule has 0 aliphatic heterocycles. The minimum Gasteiger partial charge on any atom is -0.0655 e. The number of hydrogen-bond acceptors (Lipinski definition) is 0. The van der Waals surface area contributed by atoms with Crippen molar-refractivity contribution in [1.82, 2.24) is 0 Å². The Morgan fingerprint density at radius 3 is 2.20 bits per heavy atom.